The van der Waals surface area contributed by atoms with Gasteiger partial charge in [0.2, 0.25) is 0 Å². The van der Waals surface area contributed by atoms with Crippen LogP contribution in [0, 0.1) is 0 Å². The van der Waals surface area contributed by atoms with Crippen molar-refractivity contribution in [2.45, 2.75) is 44.9 Å². The largest absolute Gasteiger partial charge is 0.463 e. The van der Waals surface area contributed by atoms with Crippen molar-refractivity contribution in [2.24, 2.45) is 0 Å². The second-order valence-electron chi connectivity index (χ2n) is 4.43. The summed E-state index contributed by atoms with van der Waals surface area (Å²) in [5.41, 5.74) is 0. The molecule has 0 amide bonds. The van der Waals surface area contributed by atoms with Crippen LogP contribution < -0.4 is 0 Å². The molecule has 1 aliphatic rings. The molecule has 1 rings (SSSR count). The van der Waals surface area contributed by atoms with Crippen LogP contribution in [0.15, 0.2) is 0 Å². The first-order chi connectivity index (χ1) is 7.85. The van der Waals surface area contributed by atoms with Gasteiger partial charge in [-0.05, 0) is 13.8 Å². The number of aliphatic hydroxyl groups is 1. The van der Waals surface area contributed by atoms with Crippen molar-refractivity contribution < 1.29 is 28.8 Å². The van der Waals surface area contributed by atoms with Crippen LogP contribution in [-0.4, -0.2) is 55.5 Å². The lowest BCUT2D eigenvalue weighted by Crippen LogP contribution is -2.41. The Morgan fingerprint density at radius 1 is 1.53 bits per heavy atom. The fourth-order valence-corrected chi connectivity index (χ4v) is 1.52. The zero-order valence-corrected chi connectivity index (χ0v) is 10.6. The Bertz CT molecular complexity index is 265. The van der Waals surface area contributed by atoms with Crippen LogP contribution in [0.3, 0.4) is 0 Å². The number of rotatable bonds is 5. The van der Waals surface area contributed by atoms with E-state index in [0.29, 0.717) is 0 Å². The summed E-state index contributed by atoms with van der Waals surface area (Å²) in [6.45, 7) is 5.09. The molecule has 3 atom stereocenters. The molecule has 0 bridgehead atoms. The second kappa shape index (κ2) is 5.77. The predicted molar refractivity (Wildman–Crippen MR) is 58.3 cm³/mol. The minimum absolute atomic E-state index is 0.0315. The number of esters is 1. The summed E-state index contributed by atoms with van der Waals surface area (Å²) in [5.74, 6) is -1.19. The molecule has 0 radical (unpaired) electrons. The van der Waals surface area contributed by atoms with Crippen LogP contribution in [-0.2, 0) is 23.7 Å². The van der Waals surface area contributed by atoms with E-state index in [1.807, 2.05) is 0 Å². The molecule has 1 aliphatic heterocycles. The first-order valence-electron chi connectivity index (χ1n) is 5.51. The van der Waals surface area contributed by atoms with Crippen molar-refractivity contribution in [3.8, 4) is 0 Å². The Morgan fingerprint density at radius 3 is 2.71 bits per heavy atom. The highest BCUT2D eigenvalue weighted by Gasteiger charge is 2.40. The number of hydrogen-bond acceptors (Lipinski definition) is 6. The van der Waals surface area contributed by atoms with Gasteiger partial charge in [-0.15, -0.1) is 0 Å². The number of carbonyl (C=O) groups is 1. The quantitative estimate of drug-likeness (QED) is 0.548. The summed E-state index contributed by atoms with van der Waals surface area (Å²) in [5, 5.41) is 9.92. The normalized spacial score (nSPS) is 29.4. The van der Waals surface area contributed by atoms with Crippen LogP contribution in [0.2, 0.25) is 0 Å². The van der Waals surface area contributed by atoms with Crippen LogP contribution in [0.5, 0.6) is 0 Å². The van der Waals surface area contributed by atoms with E-state index >= 15 is 0 Å². The summed E-state index contributed by atoms with van der Waals surface area (Å²) in [6.07, 6.45) is -1.86. The number of carbonyl (C=O) groups excluding carboxylic acids is 1. The number of aliphatic hydroxyl groups excluding tert-OH is 1. The van der Waals surface area contributed by atoms with E-state index in [4.69, 9.17) is 18.9 Å². The summed E-state index contributed by atoms with van der Waals surface area (Å²) in [6, 6.07) is 0. The topological polar surface area (TPSA) is 74.2 Å². The molecule has 0 unspecified atom stereocenters. The highest BCUT2D eigenvalue weighted by Crippen LogP contribution is 2.23. The molecule has 0 aromatic heterocycles. The van der Waals surface area contributed by atoms with E-state index in [1.165, 1.54) is 14.0 Å². The molecule has 0 aliphatic carbocycles. The fraction of sp³-hybridized carbons (Fsp3) is 0.909. The fourth-order valence-electron chi connectivity index (χ4n) is 1.52. The highest BCUT2D eigenvalue weighted by molar-refractivity contribution is 5.65. The van der Waals surface area contributed by atoms with Gasteiger partial charge in [-0.25, -0.2) is 0 Å². The number of hydrogen-bond donors (Lipinski definition) is 1. The van der Waals surface area contributed by atoms with E-state index in [1.54, 1.807) is 13.8 Å². The molecular formula is C11H20O6. The maximum absolute atomic E-state index is 10.7. The molecule has 1 heterocycles. The predicted octanol–water partition coefficient (Wildman–Crippen LogP) is 0.0769. The summed E-state index contributed by atoms with van der Waals surface area (Å²) in [4.78, 5) is 10.7. The summed E-state index contributed by atoms with van der Waals surface area (Å²) < 4.78 is 20.8. The first kappa shape index (κ1) is 14.4. The Hall–Kier alpha value is -0.690. The van der Waals surface area contributed by atoms with Gasteiger partial charge in [-0.2, -0.15) is 0 Å². The standard InChI is InChI=1S/C11H20O6/c1-7(12)15-5-8-10(13)9(6-16-8)17-11(2,3)14-4/h8-10,13H,5-6H2,1-4H3/t8-,9+,10-/m1/s1. The van der Waals surface area contributed by atoms with Gasteiger partial charge in [0.15, 0.2) is 5.79 Å². The van der Waals surface area contributed by atoms with Gasteiger partial charge in [-0.3, -0.25) is 4.79 Å². The third-order valence-corrected chi connectivity index (χ3v) is 2.61. The van der Waals surface area contributed by atoms with Crippen LogP contribution in [0.4, 0.5) is 0 Å². The minimum atomic E-state index is -0.830. The van der Waals surface area contributed by atoms with Crippen molar-refractivity contribution in [3.63, 3.8) is 0 Å². The molecular weight excluding hydrogens is 228 g/mol. The van der Waals surface area contributed by atoms with Gasteiger partial charge in [0, 0.05) is 14.0 Å². The molecule has 6 heteroatoms. The Morgan fingerprint density at radius 2 is 2.18 bits per heavy atom. The van der Waals surface area contributed by atoms with E-state index in [2.05, 4.69) is 0 Å². The summed E-state index contributed by atoms with van der Waals surface area (Å²) >= 11 is 0. The molecule has 0 spiro atoms. The van der Waals surface area contributed by atoms with Crippen LogP contribution >= 0.6 is 0 Å². The molecule has 1 saturated heterocycles. The van der Waals surface area contributed by atoms with Crippen molar-refractivity contribution >= 4 is 5.97 Å². The molecule has 0 aromatic carbocycles. The minimum Gasteiger partial charge on any atom is -0.463 e. The van der Waals surface area contributed by atoms with Crippen LogP contribution in [0.25, 0.3) is 0 Å². The number of methoxy groups -OCH3 is 1. The van der Waals surface area contributed by atoms with E-state index in [0.717, 1.165) is 0 Å². The van der Waals surface area contributed by atoms with Crippen LogP contribution in [0.1, 0.15) is 20.8 Å². The lowest BCUT2D eigenvalue weighted by atomic mass is 10.1. The van der Waals surface area contributed by atoms with E-state index in [9.17, 15) is 9.90 Å². The van der Waals surface area contributed by atoms with Gasteiger partial charge < -0.3 is 24.1 Å². The highest BCUT2D eigenvalue weighted by atomic mass is 16.7. The average Bonchev–Trinajstić information content (AvgIpc) is 2.57. The molecule has 1 fully saturated rings. The van der Waals surface area contributed by atoms with Gasteiger partial charge in [0.1, 0.15) is 24.9 Å². The molecule has 0 aromatic rings. The Balaban J connectivity index is 2.44. The van der Waals surface area contributed by atoms with Crippen molar-refractivity contribution in [3.05, 3.63) is 0 Å². The van der Waals surface area contributed by atoms with Crippen molar-refractivity contribution in [1.82, 2.24) is 0 Å². The third-order valence-electron chi connectivity index (χ3n) is 2.61. The Labute approximate surface area is 101 Å². The van der Waals surface area contributed by atoms with E-state index in [-0.39, 0.29) is 13.2 Å². The van der Waals surface area contributed by atoms with E-state index < -0.39 is 30.1 Å². The molecule has 17 heavy (non-hydrogen) atoms. The first-order valence-corrected chi connectivity index (χ1v) is 5.51. The molecule has 0 saturated carbocycles. The van der Waals surface area contributed by atoms with Gasteiger partial charge in [0.25, 0.3) is 0 Å². The summed E-state index contributed by atoms with van der Waals surface area (Å²) in [7, 11) is 1.53. The Kier molecular flexibility index (Phi) is 4.88. The monoisotopic (exact) mass is 248 g/mol. The lowest BCUT2D eigenvalue weighted by Gasteiger charge is -2.28. The van der Waals surface area contributed by atoms with Gasteiger partial charge in [0.05, 0.1) is 6.61 Å². The van der Waals surface area contributed by atoms with Gasteiger partial charge in [-0.1, -0.05) is 0 Å². The molecule has 1 N–H and O–H groups in total. The average molecular weight is 248 g/mol. The zero-order valence-electron chi connectivity index (χ0n) is 10.6. The van der Waals surface area contributed by atoms with Crippen molar-refractivity contribution in [1.29, 1.82) is 0 Å². The van der Waals surface area contributed by atoms with Gasteiger partial charge >= 0.3 is 5.97 Å². The lowest BCUT2D eigenvalue weighted by molar-refractivity contribution is -0.234. The molecule has 100 valence electrons. The molecule has 6 nitrogen and oxygen atoms in total. The smallest absolute Gasteiger partial charge is 0.302 e. The second-order valence-corrected chi connectivity index (χ2v) is 4.43. The maximum atomic E-state index is 10.7. The third kappa shape index (κ3) is 4.23. The maximum Gasteiger partial charge on any atom is 0.302 e. The zero-order chi connectivity index (χ0) is 13.1. The van der Waals surface area contributed by atoms with Crippen molar-refractivity contribution in [2.75, 3.05) is 20.3 Å². The SMILES string of the molecule is COC(C)(C)O[C@H]1CO[C@H](COC(C)=O)[C@H]1O. The number of ether oxygens (including phenoxy) is 4.